The molecule has 2 N–H and O–H groups in total. The second-order valence-corrected chi connectivity index (χ2v) is 8.20. The number of carbonyl (C=O) groups is 2. The van der Waals surface area contributed by atoms with Gasteiger partial charge in [0.2, 0.25) is 5.91 Å². The van der Waals surface area contributed by atoms with E-state index in [4.69, 9.17) is 9.84 Å². The summed E-state index contributed by atoms with van der Waals surface area (Å²) >= 11 is 0. The summed E-state index contributed by atoms with van der Waals surface area (Å²) in [6.07, 6.45) is 5.06. The second kappa shape index (κ2) is 10.3. The second-order valence-electron chi connectivity index (χ2n) is 8.20. The maximum absolute atomic E-state index is 11.2. The first-order valence-electron chi connectivity index (χ1n) is 10.9. The quantitative estimate of drug-likeness (QED) is 0.574. The Morgan fingerprint density at radius 3 is 2.39 bits per heavy atom. The summed E-state index contributed by atoms with van der Waals surface area (Å²) in [5.41, 5.74) is 7.89. The van der Waals surface area contributed by atoms with Crippen molar-refractivity contribution in [3.05, 3.63) is 64.2 Å². The molecule has 2 aromatic rings. The standard InChI is InChI=1S/C26H31NO4/c1-17-18(2)25(14-10-20(17)11-15-26(29)30)31-16-22-6-4-5-7-24(22)21-8-12-23(13-9-21)27-19(3)28/h8-10,12-14H,4-7,11,15-16H2,1-3H3,(H,27,28)(H,29,30). The van der Waals surface area contributed by atoms with Gasteiger partial charge in [-0.25, -0.2) is 0 Å². The average molecular weight is 422 g/mol. The maximum atomic E-state index is 11.2. The molecule has 0 fully saturated rings. The van der Waals surface area contributed by atoms with E-state index in [2.05, 4.69) is 17.4 Å². The van der Waals surface area contributed by atoms with Crippen LogP contribution in [0.5, 0.6) is 5.75 Å². The van der Waals surface area contributed by atoms with Crippen LogP contribution in [-0.4, -0.2) is 23.6 Å². The average Bonchev–Trinajstić information content (AvgIpc) is 2.74. The SMILES string of the molecule is CC(=O)Nc1ccc(C2=C(COc3ccc(CCC(=O)O)c(C)c3C)CCCC2)cc1. The van der Waals surface area contributed by atoms with E-state index in [0.29, 0.717) is 13.0 Å². The molecule has 0 unspecified atom stereocenters. The molecule has 3 rings (SSSR count). The van der Waals surface area contributed by atoms with Crippen molar-refractivity contribution < 1.29 is 19.4 Å². The summed E-state index contributed by atoms with van der Waals surface area (Å²) < 4.78 is 6.23. The highest BCUT2D eigenvalue weighted by molar-refractivity contribution is 5.88. The molecule has 0 atom stereocenters. The van der Waals surface area contributed by atoms with E-state index in [1.807, 2.05) is 38.1 Å². The van der Waals surface area contributed by atoms with Crippen molar-refractivity contribution in [3.8, 4) is 5.75 Å². The molecule has 0 bridgehead atoms. The Labute approximate surface area is 184 Å². The van der Waals surface area contributed by atoms with Crippen LogP contribution >= 0.6 is 0 Å². The fraction of sp³-hybridized carbons (Fsp3) is 0.385. The van der Waals surface area contributed by atoms with Gasteiger partial charge in [0, 0.05) is 19.0 Å². The third-order valence-corrected chi connectivity index (χ3v) is 6.00. The van der Waals surface area contributed by atoms with E-state index in [1.165, 1.54) is 30.1 Å². The van der Waals surface area contributed by atoms with Gasteiger partial charge in [-0.2, -0.15) is 0 Å². The van der Waals surface area contributed by atoms with Crippen LogP contribution in [0.15, 0.2) is 42.0 Å². The number of hydrogen-bond donors (Lipinski definition) is 2. The highest BCUT2D eigenvalue weighted by Gasteiger charge is 2.16. The molecule has 5 heteroatoms. The highest BCUT2D eigenvalue weighted by atomic mass is 16.5. The zero-order valence-corrected chi connectivity index (χ0v) is 18.6. The highest BCUT2D eigenvalue weighted by Crippen LogP contribution is 2.34. The number of nitrogens with one attached hydrogen (secondary N) is 1. The van der Waals surface area contributed by atoms with Gasteiger partial charge in [0.15, 0.2) is 0 Å². The Kier molecular flexibility index (Phi) is 7.50. The number of carboxylic acids is 1. The lowest BCUT2D eigenvalue weighted by atomic mass is 9.87. The van der Waals surface area contributed by atoms with Gasteiger partial charge in [-0.15, -0.1) is 0 Å². The number of aliphatic carboxylic acids is 1. The maximum Gasteiger partial charge on any atom is 0.303 e. The minimum atomic E-state index is -0.778. The Morgan fingerprint density at radius 1 is 1.00 bits per heavy atom. The number of hydrogen-bond acceptors (Lipinski definition) is 3. The molecule has 0 saturated carbocycles. The first-order valence-corrected chi connectivity index (χ1v) is 10.9. The van der Waals surface area contributed by atoms with Gasteiger partial charge in [0.25, 0.3) is 0 Å². The van der Waals surface area contributed by atoms with Crippen LogP contribution in [0.4, 0.5) is 5.69 Å². The lowest BCUT2D eigenvalue weighted by Crippen LogP contribution is -2.10. The van der Waals surface area contributed by atoms with Crippen molar-refractivity contribution >= 4 is 23.1 Å². The van der Waals surface area contributed by atoms with Crippen LogP contribution in [-0.2, 0) is 16.0 Å². The van der Waals surface area contributed by atoms with Gasteiger partial charge >= 0.3 is 5.97 Å². The number of rotatable bonds is 8. The van der Waals surface area contributed by atoms with Crippen LogP contribution in [0.2, 0.25) is 0 Å². The van der Waals surface area contributed by atoms with E-state index < -0.39 is 5.97 Å². The van der Waals surface area contributed by atoms with E-state index >= 15 is 0 Å². The molecule has 1 aliphatic rings. The minimum Gasteiger partial charge on any atom is -0.489 e. The monoisotopic (exact) mass is 421 g/mol. The number of anilines is 1. The predicted octanol–water partition coefficient (Wildman–Crippen LogP) is 5.69. The molecule has 0 spiro atoms. The molecular formula is C26H31NO4. The predicted molar refractivity (Wildman–Crippen MR) is 124 cm³/mol. The zero-order chi connectivity index (χ0) is 22.4. The van der Waals surface area contributed by atoms with Crippen molar-refractivity contribution in [2.24, 2.45) is 0 Å². The summed E-state index contributed by atoms with van der Waals surface area (Å²) in [4.78, 5) is 22.1. The van der Waals surface area contributed by atoms with Crippen molar-refractivity contribution in [2.75, 3.05) is 11.9 Å². The van der Waals surface area contributed by atoms with Gasteiger partial charge in [0.05, 0.1) is 0 Å². The van der Waals surface area contributed by atoms with E-state index in [9.17, 15) is 9.59 Å². The molecule has 31 heavy (non-hydrogen) atoms. The normalized spacial score (nSPS) is 13.8. The molecule has 1 aliphatic carbocycles. The summed E-state index contributed by atoms with van der Waals surface area (Å²) in [7, 11) is 0. The Hall–Kier alpha value is -3.08. The molecule has 0 saturated heterocycles. The Morgan fingerprint density at radius 2 is 1.71 bits per heavy atom. The summed E-state index contributed by atoms with van der Waals surface area (Å²) in [6, 6.07) is 12.0. The minimum absolute atomic E-state index is 0.0710. The molecule has 164 valence electrons. The van der Waals surface area contributed by atoms with Crippen molar-refractivity contribution in [1.82, 2.24) is 0 Å². The summed E-state index contributed by atoms with van der Waals surface area (Å²) in [5, 5.41) is 11.8. The summed E-state index contributed by atoms with van der Waals surface area (Å²) in [5.74, 6) is 0.00706. The van der Waals surface area contributed by atoms with Crippen molar-refractivity contribution in [2.45, 2.75) is 59.3 Å². The van der Waals surface area contributed by atoms with Gasteiger partial charge in [-0.05, 0) is 97.6 Å². The number of ether oxygens (including phenoxy) is 1. The van der Waals surface area contributed by atoms with E-state index in [-0.39, 0.29) is 12.3 Å². The smallest absolute Gasteiger partial charge is 0.303 e. The molecule has 0 radical (unpaired) electrons. The number of carbonyl (C=O) groups excluding carboxylic acids is 1. The number of carboxylic acid groups (broad SMARTS) is 1. The van der Waals surface area contributed by atoms with Crippen LogP contribution < -0.4 is 10.1 Å². The molecule has 2 aromatic carbocycles. The van der Waals surface area contributed by atoms with Crippen molar-refractivity contribution in [1.29, 1.82) is 0 Å². The fourth-order valence-corrected chi connectivity index (χ4v) is 4.12. The molecule has 1 amide bonds. The van der Waals surface area contributed by atoms with Gasteiger partial charge in [0.1, 0.15) is 12.4 Å². The zero-order valence-electron chi connectivity index (χ0n) is 18.6. The van der Waals surface area contributed by atoms with Crippen LogP contribution in [0.3, 0.4) is 0 Å². The molecule has 0 aliphatic heterocycles. The lowest BCUT2D eigenvalue weighted by molar-refractivity contribution is -0.137. The van der Waals surface area contributed by atoms with Gasteiger partial charge < -0.3 is 15.2 Å². The summed E-state index contributed by atoms with van der Waals surface area (Å²) in [6.45, 7) is 6.13. The first-order chi connectivity index (χ1) is 14.8. The van der Waals surface area contributed by atoms with Crippen LogP contribution in [0, 0.1) is 13.8 Å². The van der Waals surface area contributed by atoms with Crippen LogP contribution in [0.1, 0.15) is 61.3 Å². The number of aryl methyl sites for hydroxylation is 1. The van der Waals surface area contributed by atoms with E-state index in [1.54, 1.807) is 0 Å². The Bertz CT molecular complexity index is 989. The molecule has 0 aromatic heterocycles. The number of benzene rings is 2. The third kappa shape index (κ3) is 5.97. The van der Waals surface area contributed by atoms with Crippen LogP contribution in [0.25, 0.3) is 5.57 Å². The first kappa shape index (κ1) is 22.6. The van der Waals surface area contributed by atoms with E-state index in [0.717, 1.165) is 47.4 Å². The fourth-order valence-electron chi connectivity index (χ4n) is 4.12. The third-order valence-electron chi connectivity index (χ3n) is 6.00. The molecule has 5 nitrogen and oxygen atoms in total. The topological polar surface area (TPSA) is 75.6 Å². The number of amides is 1. The Balaban J connectivity index is 1.75. The molecule has 0 heterocycles. The van der Waals surface area contributed by atoms with Gasteiger partial charge in [-0.3, -0.25) is 9.59 Å². The van der Waals surface area contributed by atoms with Gasteiger partial charge in [-0.1, -0.05) is 18.2 Å². The number of allylic oxidation sites excluding steroid dienone is 1. The molecular weight excluding hydrogens is 390 g/mol. The lowest BCUT2D eigenvalue weighted by Gasteiger charge is -2.22. The van der Waals surface area contributed by atoms with Crippen molar-refractivity contribution in [3.63, 3.8) is 0 Å². The largest absolute Gasteiger partial charge is 0.489 e.